The number of nitrogens with zero attached hydrogens (tertiary/aromatic N) is 4. The highest BCUT2D eigenvalue weighted by Crippen LogP contribution is 2.27. The van der Waals surface area contributed by atoms with Crippen LogP contribution < -0.4 is 5.73 Å². The molecule has 19 heavy (non-hydrogen) atoms. The van der Waals surface area contributed by atoms with Crippen LogP contribution in [0.25, 0.3) is 11.4 Å². The summed E-state index contributed by atoms with van der Waals surface area (Å²) in [6.45, 7) is 6.31. The van der Waals surface area contributed by atoms with Gasteiger partial charge in [0.2, 0.25) is 0 Å². The smallest absolute Gasteiger partial charge is 0.184 e. The number of benzene rings is 1. The van der Waals surface area contributed by atoms with Crippen LogP contribution in [0.1, 0.15) is 33.2 Å². The van der Waals surface area contributed by atoms with Crippen LogP contribution >= 0.6 is 0 Å². The van der Waals surface area contributed by atoms with E-state index in [2.05, 4.69) is 29.4 Å². The Hall–Kier alpha value is -1.98. The van der Waals surface area contributed by atoms with Gasteiger partial charge in [-0.15, -0.1) is 5.10 Å². The van der Waals surface area contributed by atoms with E-state index in [0.29, 0.717) is 23.0 Å². The summed E-state index contributed by atoms with van der Waals surface area (Å²) >= 11 is 0. The summed E-state index contributed by atoms with van der Waals surface area (Å²) in [5, 5.41) is 11.6. The quantitative estimate of drug-likeness (QED) is 0.861. The molecule has 1 aromatic carbocycles. The van der Waals surface area contributed by atoms with Crippen molar-refractivity contribution in [1.82, 2.24) is 20.2 Å². The molecule has 1 aromatic heterocycles. The maximum absolute atomic E-state index is 13.3. The van der Waals surface area contributed by atoms with E-state index in [1.165, 1.54) is 18.2 Å². The molecule has 102 valence electrons. The van der Waals surface area contributed by atoms with Gasteiger partial charge in [-0.25, -0.2) is 9.07 Å². The van der Waals surface area contributed by atoms with Crippen molar-refractivity contribution in [2.45, 2.75) is 33.2 Å². The van der Waals surface area contributed by atoms with Gasteiger partial charge in [-0.3, -0.25) is 0 Å². The Morgan fingerprint density at radius 2 is 2.05 bits per heavy atom. The summed E-state index contributed by atoms with van der Waals surface area (Å²) < 4.78 is 15.0. The molecule has 0 bridgehead atoms. The fourth-order valence-corrected chi connectivity index (χ4v) is 2.17. The molecule has 0 radical (unpaired) electrons. The van der Waals surface area contributed by atoms with E-state index in [1.807, 2.05) is 6.92 Å². The number of anilines is 1. The van der Waals surface area contributed by atoms with Gasteiger partial charge in [0.25, 0.3) is 0 Å². The van der Waals surface area contributed by atoms with E-state index in [0.717, 1.165) is 6.42 Å². The summed E-state index contributed by atoms with van der Waals surface area (Å²) in [7, 11) is 0. The van der Waals surface area contributed by atoms with E-state index in [4.69, 9.17) is 5.73 Å². The van der Waals surface area contributed by atoms with Crippen molar-refractivity contribution in [1.29, 1.82) is 0 Å². The molecule has 0 fully saturated rings. The van der Waals surface area contributed by atoms with Gasteiger partial charge in [-0.05, 0) is 47.9 Å². The lowest BCUT2D eigenvalue weighted by Crippen LogP contribution is -2.12. The monoisotopic (exact) mass is 263 g/mol. The van der Waals surface area contributed by atoms with Crippen molar-refractivity contribution in [2.24, 2.45) is 5.92 Å². The highest BCUT2D eigenvalue weighted by Gasteiger charge is 2.17. The predicted octanol–water partition coefficient (Wildman–Crippen LogP) is 2.67. The fourth-order valence-electron chi connectivity index (χ4n) is 2.17. The Labute approximate surface area is 111 Å². The van der Waals surface area contributed by atoms with Crippen LogP contribution in [0, 0.1) is 11.7 Å². The number of halogens is 1. The Morgan fingerprint density at radius 1 is 1.32 bits per heavy atom. The zero-order valence-corrected chi connectivity index (χ0v) is 11.3. The Balaban J connectivity index is 2.41. The van der Waals surface area contributed by atoms with Gasteiger partial charge in [-0.2, -0.15) is 0 Å². The van der Waals surface area contributed by atoms with Crippen molar-refractivity contribution in [3.05, 3.63) is 24.0 Å². The third-order valence-corrected chi connectivity index (χ3v) is 2.98. The van der Waals surface area contributed by atoms with Gasteiger partial charge in [0, 0.05) is 11.3 Å². The molecule has 0 saturated heterocycles. The molecule has 2 N–H and O–H groups in total. The van der Waals surface area contributed by atoms with E-state index >= 15 is 0 Å². The average Bonchev–Trinajstić information content (AvgIpc) is 2.80. The SMILES string of the molecule is CC(C)CC(C)n1nnnc1-c1cc(F)ccc1N. The molecule has 2 rings (SSSR count). The number of hydrogen-bond donors (Lipinski definition) is 1. The van der Waals surface area contributed by atoms with Crippen molar-refractivity contribution >= 4 is 5.69 Å². The third kappa shape index (κ3) is 2.89. The molecule has 6 heteroatoms. The molecule has 0 aliphatic heterocycles. The molecule has 1 atom stereocenters. The Kier molecular flexibility index (Phi) is 3.78. The first-order valence-corrected chi connectivity index (χ1v) is 6.32. The lowest BCUT2D eigenvalue weighted by Gasteiger charge is -2.16. The lowest BCUT2D eigenvalue weighted by atomic mass is 10.0. The number of nitrogens with two attached hydrogens (primary N) is 1. The van der Waals surface area contributed by atoms with E-state index < -0.39 is 0 Å². The normalized spacial score (nSPS) is 12.9. The first kappa shape index (κ1) is 13.5. The molecular weight excluding hydrogens is 245 g/mol. The van der Waals surface area contributed by atoms with Gasteiger partial charge in [-0.1, -0.05) is 13.8 Å². The second kappa shape index (κ2) is 5.34. The van der Waals surface area contributed by atoms with Crippen LogP contribution in [-0.4, -0.2) is 20.2 Å². The molecule has 2 aromatic rings. The molecule has 0 spiro atoms. The summed E-state index contributed by atoms with van der Waals surface area (Å²) in [4.78, 5) is 0. The van der Waals surface area contributed by atoms with Crippen LogP contribution in [0.5, 0.6) is 0 Å². The number of nitrogen functional groups attached to an aromatic ring is 1. The van der Waals surface area contributed by atoms with E-state index in [9.17, 15) is 4.39 Å². The molecule has 0 aliphatic rings. The van der Waals surface area contributed by atoms with Crippen molar-refractivity contribution in [3.8, 4) is 11.4 Å². The standard InChI is InChI=1S/C13H18FN5/c1-8(2)6-9(3)19-13(16-17-18-19)11-7-10(14)4-5-12(11)15/h4-5,7-9H,6,15H2,1-3H3. The van der Waals surface area contributed by atoms with Crippen molar-refractivity contribution in [3.63, 3.8) is 0 Å². The highest BCUT2D eigenvalue weighted by molar-refractivity contribution is 5.71. The topological polar surface area (TPSA) is 69.6 Å². The second-order valence-corrected chi connectivity index (χ2v) is 5.16. The molecule has 0 saturated carbocycles. The summed E-state index contributed by atoms with van der Waals surface area (Å²) in [5.74, 6) is 0.678. The maximum Gasteiger partial charge on any atom is 0.184 e. The van der Waals surface area contributed by atoms with Gasteiger partial charge >= 0.3 is 0 Å². The minimum absolute atomic E-state index is 0.132. The van der Waals surface area contributed by atoms with Gasteiger partial charge in [0.1, 0.15) is 5.82 Å². The molecular formula is C13H18FN5. The van der Waals surface area contributed by atoms with Crippen LogP contribution in [0.15, 0.2) is 18.2 Å². The van der Waals surface area contributed by atoms with Gasteiger partial charge < -0.3 is 5.73 Å². The molecule has 1 heterocycles. The zero-order valence-electron chi connectivity index (χ0n) is 11.3. The molecule has 1 unspecified atom stereocenters. The fraction of sp³-hybridized carbons (Fsp3) is 0.462. The van der Waals surface area contributed by atoms with Crippen molar-refractivity contribution < 1.29 is 4.39 Å². The Bertz CT molecular complexity index is 564. The third-order valence-electron chi connectivity index (χ3n) is 2.98. The molecule has 5 nitrogen and oxygen atoms in total. The second-order valence-electron chi connectivity index (χ2n) is 5.16. The van der Waals surface area contributed by atoms with Crippen LogP contribution in [0.4, 0.5) is 10.1 Å². The highest BCUT2D eigenvalue weighted by atomic mass is 19.1. The molecule has 0 aliphatic carbocycles. The van der Waals surface area contributed by atoms with Crippen molar-refractivity contribution in [2.75, 3.05) is 5.73 Å². The largest absolute Gasteiger partial charge is 0.398 e. The number of rotatable bonds is 4. The minimum Gasteiger partial charge on any atom is -0.398 e. The van der Waals surface area contributed by atoms with Crippen LogP contribution in [0.2, 0.25) is 0 Å². The first-order chi connectivity index (χ1) is 8.99. The number of tetrazole rings is 1. The Morgan fingerprint density at radius 3 is 2.74 bits per heavy atom. The average molecular weight is 263 g/mol. The van der Waals surface area contributed by atoms with Crippen LogP contribution in [0.3, 0.4) is 0 Å². The summed E-state index contributed by atoms with van der Waals surface area (Å²) in [5.41, 5.74) is 6.87. The predicted molar refractivity (Wildman–Crippen MR) is 71.8 cm³/mol. The summed E-state index contributed by atoms with van der Waals surface area (Å²) in [6.07, 6.45) is 0.938. The zero-order chi connectivity index (χ0) is 14.0. The number of hydrogen-bond acceptors (Lipinski definition) is 4. The molecule has 0 amide bonds. The first-order valence-electron chi connectivity index (χ1n) is 6.32. The maximum atomic E-state index is 13.3. The summed E-state index contributed by atoms with van der Waals surface area (Å²) in [6, 6.07) is 4.34. The lowest BCUT2D eigenvalue weighted by molar-refractivity contribution is 0.394. The van der Waals surface area contributed by atoms with Gasteiger partial charge in [0.05, 0.1) is 6.04 Å². The van der Waals surface area contributed by atoms with E-state index in [1.54, 1.807) is 4.68 Å². The minimum atomic E-state index is -0.352. The van der Waals surface area contributed by atoms with Crippen LogP contribution in [-0.2, 0) is 0 Å². The van der Waals surface area contributed by atoms with Gasteiger partial charge in [0.15, 0.2) is 5.82 Å². The number of aromatic nitrogens is 4. The van der Waals surface area contributed by atoms with E-state index in [-0.39, 0.29) is 11.9 Å².